The van der Waals surface area contributed by atoms with Crippen LogP contribution in [0.25, 0.3) is 0 Å². The second kappa shape index (κ2) is 5.48. The Morgan fingerprint density at radius 2 is 2.17 bits per heavy atom. The second-order valence-electron chi connectivity index (χ2n) is 4.76. The zero-order chi connectivity index (χ0) is 13.0. The van der Waals surface area contributed by atoms with E-state index in [1.807, 2.05) is 6.92 Å². The van der Waals surface area contributed by atoms with Gasteiger partial charge in [-0.2, -0.15) is 4.98 Å². The van der Waals surface area contributed by atoms with Crippen molar-refractivity contribution in [2.24, 2.45) is 0 Å². The van der Waals surface area contributed by atoms with E-state index >= 15 is 0 Å². The van der Waals surface area contributed by atoms with Crippen molar-refractivity contribution < 1.29 is 9.32 Å². The first-order valence-corrected chi connectivity index (χ1v) is 6.49. The summed E-state index contributed by atoms with van der Waals surface area (Å²) in [7, 11) is 0. The first-order chi connectivity index (χ1) is 8.66. The first-order valence-electron chi connectivity index (χ1n) is 6.49. The van der Waals surface area contributed by atoms with Gasteiger partial charge in [-0.25, -0.2) is 0 Å². The number of aromatic nitrogens is 2. The predicted octanol–water partition coefficient (Wildman–Crippen LogP) is 1.08. The van der Waals surface area contributed by atoms with Gasteiger partial charge in [0.05, 0.1) is 6.54 Å². The maximum Gasteiger partial charge on any atom is 0.240 e. The summed E-state index contributed by atoms with van der Waals surface area (Å²) in [4.78, 5) is 15.7. The third-order valence-electron chi connectivity index (χ3n) is 3.29. The van der Waals surface area contributed by atoms with Gasteiger partial charge in [0.25, 0.3) is 0 Å². The molecule has 1 saturated carbocycles. The normalized spacial score (nSPS) is 17.9. The van der Waals surface area contributed by atoms with E-state index in [-0.39, 0.29) is 5.91 Å². The van der Waals surface area contributed by atoms with Gasteiger partial charge >= 0.3 is 0 Å². The molecule has 0 atom stereocenters. The fourth-order valence-electron chi connectivity index (χ4n) is 2.47. The monoisotopic (exact) mass is 252 g/mol. The number of carbonyl (C=O) groups is 1. The lowest BCUT2D eigenvalue weighted by atomic mass is 9.96. The summed E-state index contributed by atoms with van der Waals surface area (Å²) < 4.78 is 5.21. The minimum absolute atomic E-state index is 0.0464. The third-order valence-corrected chi connectivity index (χ3v) is 3.29. The molecule has 0 spiro atoms. The quantitative estimate of drug-likeness (QED) is 0.819. The zero-order valence-electron chi connectivity index (χ0n) is 11.0. The number of carbonyl (C=O) groups excluding carboxylic acids is 1. The molecule has 1 fully saturated rings. The van der Waals surface area contributed by atoms with E-state index in [0.717, 1.165) is 32.2 Å². The molecule has 1 heterocycles. The molecule has 6 heteroatoms. The molecule has 0 aliphatic heterocycles. The lowest BCUT2D eigenvalue weighted by Gasteiger charge is -2.25. The van der Waals surface area contributed by atoms with Crippen LogP contribution in [-0.2, 0) is 16.9 Å². The summed E-state index contributed by atoms with van der Waals surface area (Å²) in [6.07, 6.45) is 3.92. The summed E-state index contributed by atoms with van der Waals surface area (Å²) in [5.74, 6) is 1.14. The summed E-state index contributed by atoms with van der Waals surface area (Å²) in [5.41, 5.74) is -0.417. The van der Waals surface area contributed by atoms with E-state index in [0.29, 0.717) is 18.3 Å². The maximum atomic E-state index is 11.3. The van der Waals surface area contributed by atoms with Crippen molar-refractivity contribution in [2.45, 2.75) is 51.6 Å². The lowest BCUT2D eigenvalue weighted by Crippen LogP contribution is -2.43. The highest BCUT2D eigenvalue weighted by atomic mass is 16.5. The molecule has 0 unspecified atom stereocenters. The molecule has 1 aromatic rings. The average Bonchev–Trinajstić information content (AvgIpc) is 2.94. The molecule has 1 amide bonds. The molecule has 0 radical (unpaired) electrons. The van der Waals surface area contributed by atoms with E-state index < -0.39 is 5.54 Å². The van der Waals surface area contributed by atoms with Crippen LogP contribution in [0.5, 0.6) is 0 Å². The largest absolute Gasteiger partial charge is 0.343 e. The van der Waals surface area contributed by atoms with Crippen molar-refractivity contribution >= 4 is 5.91 Å². The summed E-state index contributed by atoms with van der Waals surface area (Å²) in [5, 5.41) is 10.2. The fourth-order valence-corrected chi connectivity index (χ4v) is 2.47. The number of rotatable bonds is 5. The van der Waals surface area contributed by atoms with Gasteiger partial charge in [-0.05, 0) is 19.4 Å². The summed E-state index contributed by atoms with van der Waals surface area (Å²) in [6.45, 7) is 4.97. The van der Waals surface area contributed by atoms with Gasteiger partial charge in [0, 0.05) is 6.92 Å². The molecule has 0 aromatic carbocycles. The lowest BCUT2D eigenvalue weighted by molar-refractivity contribution is -0.121. The molecule has 1 aliphatic carbocycles. The Morgan fingerprint density at radius 1 is 1.44 bits per heavy atom. The maximum absolute atomic E-state index is 11.3. The van der Waals surface area contributed by atoms with Crippen LogP contribution >= 0.6 is 0 Å². The Morgan fingerprint density at radius 3 is 2.78 bits per heavy atom. The Kier molecular flexibility index (Phi) is 3.96. The van der Waals surface area contributed by atoms with Crippen molar-refractivity contribution in [3.8, 4) is 0 Å². The molecule has 18 heavy (non-hydrogen) atoms. The van der Waals surface area contributed by atoms with E-state index in [4.69, 9.17) is 4.52 Å². The summed E-state index contributed by atoms with van der Waals surface area (Å²) >= 11 is 0. The van der Waals surface area contributed by atoms with Crippen LogP contribution in [-0.4, -0.2) is 22.6 Å². The molecule has 100 valence electrons. The van der Waals surface area contributed by atoms with Crippen molar-refractivity contribution in [2.75, 3.05) is 6.54 Å². The topological polar surface area (TPSA) is 80.0 Å². The van der Waals surface area contributed by atoms with Crippen LogP contribution < -0.4 is 10.6 Å². The minimum atomic E-state index is -0.417. The Bertz CT molecular complexity index is 410. The number of nitrogens with zero attached hydrogens (tertiary/aromatic N) is 2. The molecule has 1 aliphatic rings. The number of hydrogen-bond donors (Lipinski definition) is 2. The van der Waals surface area contributed by atoms with E-state index in [1.54, 1.807) is 0 Å². The molecular weight excluding hydrogens is 232 g/mol. The molecule has 6 nitrogen and oxygen atoms in total. The van der Waals surface area contributed by atoms with Crippen LogP contribution in [0.2, 0.25) is 0 Å². The molecular formula is C12H20N4O2. The molecule has 2 N–H and O–H groups in total. The van der Waals surface area contributed by atoms with Crippen LogP contribution in [0.15, 0.2) is 4.52 Å². The summed E-state index contributed by atoms with van der Waals surface area (Å²) in [6, 6.07) is 0. The van der Waals surface area contributed by atoms with Gasteiger partial charge in [-0.15, -0.1) is 0 Å². The Hall–Kier alpha value is -1.43. The number of hydrogen-bond acceptors (Lipinski definition) is 5. The molecule has 2 rings (SSSR count). The predicted molar refractivity (Wildman–Crippen MR) is 65.6 cm³/mol. The van der Waals surface area contributed by atoms with Crippen LogP contribution in [0.4, 0.5) is 0 Å². The van der Waals surface area contributed by atoms with Crippen LogP contribution in [0.1, 0.15) is 51.2 Å². The van der Waals surface area contributed by atoms with E-state index in [1.165, 1.54) is 6.92 Å². The third kappa shape index (κ3) is 2.69. The number of amides is 1. The van der Waals surface area contributed by atoms with Gasteiger partial charge in [-0.3, -0.25) is 4.79 Å². The molecule has 0 bridgehead atoms. The number of nitrogens with one attached hydrogen (secondary N) is 2. The highest BCUT2D eigenvalue weighted by Gasteiger charge is 2.40. The molecule has 0 saturated heterocycles. The van der Waals surface area contributed by atoms with Gasteiger partial charge in [0.1, 0.15) is 5.54 Å². The van der Waals surface area contributed by atoms with Gasteiger partial charge in [0.15, 0.2) is 5.82 Å². The highest BCUT2D eigenvalue weighted by molar-refractivity contribution is 5.74. The van der Waals surface area contributed by atoms with Crippen LogP contribution in [0, 0.1) is 0 Å². The van der Waals surface area contributed by atoms with Gasteiger partial charge in [0.2, 0.25) is 11.8 Å². The second-order valence-corrected chi connectivity index (χ2v) is 4.76. The van der Waals surface area contributed by atoms with Gasteiger partial charge in [-0.1, -0.05) is 24.9 Å². The Labute approximate surface area is 107 Å². The van der Waals surface area contributed by atoms with Crippen LogP contribution in [0.3, 0.4) is 0 Å². The average molecular weight is 252 g/mol. The van der Waals surface area contributed by atoms with E-state index in [9.17, 15) is 4.79 Å². The van der Waals surface area contributed by atoms with Crippen molar-refractivity contribution in [1.29, 1.82) is 0 Å². The SMILES string of the molecule is CCNCc1nc(C2(NC(C)=O)CCCC2)no1. The fraction of sp³-hybridized carbons (Fsp3) is 0.750. The first kappa shape index (κ1) is 13.0. The van der Waals surface area contributed by atoms with Crippen molar-refractivity contribution in [3.63, 3.8) is 0 Å². The van der Waals surface area contributed by atoms with Crippen molar-refractivity contribution in [3.05, 3.63) is 11.7 Å². The molecule has 1 aromatic heterocycles. The van der Waals surface area contributed by atoms with Crippen molar-refractivity contribution in [1.82, 2.24) is 20.8 Å². The standard InChI is InChI=1S/C12H20N4O2/c1-3-13-8-10-14-11(16-18-10)12(15-9(2)17)6-4-5-7-12/h13H,3-8H2,1-2H3,(H,15,17). The smallest absolute Gasteiger partial charge is 0.240 e. The Balaban J connectivity index is 2.15. The minimum Gasteiger partial charge on any atom is -0.343 e. The van der Waals surface area contributed by atoms with E-state index in [2.05, 4.69) is 20.8 Å². The highest BCUT2D eigenvalue weighted by Crippen LogP contribution is 2.37. The zero-order valence-corrected chi connectivity index (χ0v) is 11.0. The van der Waals surface area contributed by atoms with Gasteiger partial charge < -0.3 is 15.2 Å².